The van der Waals surface area contributed by atoms with Crippen LogP contribution in [0.15, 0.2) is 29.8 Å². The molecular formula is C17H21NO2. The van der Waals surface area contributed by atoms with Crippen molar-refractivity contribution in [1.82, 2.24) is 0 Å². The molecule has 0 N–H and O–H groups in total. The Bertz CT molecular complexity index is 538. The number of rotatable bonds is 6. The monoisotopic (exact) mass is 271 g/mol. The molecular weight excluding hydrogens is 250 g/mol. The lowest BCUT2D eigenvalue weighted by atomic mass is 9.96. The van der Waals surface area contributed by atoms with Crippen LogP contribution in [-0.2, 0) is 4.79 Å². The van der Waals surface area contributed by atoms with Crippen molar-refractivity contribution in [3.8, 4) is 11.8 Å². The van der Waals surface area contributed by atoms with E-state index in [0.717, 1.165) is 12.0 Å². The lowest BCUT2D eigenvalue weighted by molar-refractivity contribution is -0.118. The second-order valence-electron chi connectivity index (χ2n) is 5.05. The Morgan fingerprint density at radius 3 is 2.55 bits per heavy atom. The molecule has 0 spiro atoms. The number of hydrogen-bond donors (Lipinski definition) is 0. The van der Waals surface area contributed by atoms with Gasteiger partial charge >= 0.3 is 0 Å². The van der Waals surface area contributed by atoms with Crippen LogP contribution >= 0.6 is 0 Å². The minimum Gasteiger partial charge on any atom is -0.490 e. The zero-order chi connectivity index (χ0) is 15.1. The number of nitriles is 1. The van der Waals surface area contributed by atoms with E-state index in [1.807, 2.05) is 58.0 Å². The van der Waals surface area contributed by atoms with E-state index in [0.29, 0.717) is 5.75 Å². The van der Waals surface area contributed by atoms with E-state index < -0.39 is 0 Å². The van der Waals surface area contributed by atoms with Crippen LogP contribution in [0.25, 0.3) is 6.08 Å². The first-order valence-corrected chi connectivity index (χ1v) is 6.91. The number of ether oxygens (including phenoxy) is 1. The highest BCUT2D eigenvalue weighted by Crippen LogP contribution is 2.23. The molecule has 1 aromatic rings. The van der Waals surface area contributed by atoms with Gasteiger partial charge < -0.3 is 4.74 Å². The second-order valence-corrected chi connectivity index (χ2v) is 5.05. The number of para-hydroxylation sites is 1. The normalized spacial score (nSPS) is 12.9. The van der Waals surface area contributed by atoms with E-state index in [1.165, 1.54) is 0 Å². The molecule has 0 aliphatic carbocycles. The van der Waals surface area contributed by atoms with E-state index in [4.69, 9.17) is 4.74 Å². The van der Waals surface area contributed by atoms with Crippen molar-refractivity contribution in [3.05, 3.63) is 35.4 Å². The van der Waals surface area contributed by atoms with Gasteiger partial charge in [0.25, 0.3) is 0 Å². The minimum absolute atomic E-state index is 0.0420. The van der Waals surface area contributed by atoms with Gasteiger partial charge in [-0.2, -0.15) is 5.26 Å². The van der Waals surface area contributed by atoms with Gasteiger partial charge in [0, 0.05) is 11.5 Å². The van der Waals surface area contributed by atoms with Gasteiger partial charge in [-0.15, -0.1) is 0 Å². The summed E-state index contributed by atoms with van der Waals surface area (Å²) in [4.78, 5) is 12.1. The van der Waals surface area contributed by atoms with Crippen molar-refractivity contribution in [2.45, 2.75) is 40.2 Å². The standard InChI is InChI=1S/C17H21NO2/c1-5-13(4)17(19)15(11-18)10-14-8-6-7-9-16(14)20-12(2)3/h6-10,12-13H,5H2,1-4H3. The molecule has 1 unspecified atom stereocenters. The topological polar surface area (TPSA) is 50.1 Å². The molecule has 1 atom stereocenters. The third kappa shape index (κ3) is 4.24. The summed E-state index contributed by atoms with van der Waals surface area (Å²) in [6, 6.07) is 9.43. The Labute approximate surface area is 120 Å². The molecule has 1 rings (SSSR count). The summed E-state index contributed by atoms with van der Waals surface area (Å²) in [5.74, 6) is 0.431. The zero-order valence-corrected chi connectivity index (χ0v) is 12.5. The van der Waals surface area contributed by atoms with E-state index in [2.05, 4.69) is 0 Å². The van der Waals surface area contributed by atoms with Crippen molar-refractivity contribution < 1.29 is 9.53 Å². The fourth-order valence-electron chi connectivity index (χ4n) is 1.73. The first kappa shape index (κ1) is 16.0. The van der Waals surface area contributed by atoms with E-state index in [9.17, 15) is 10.1 Å². The maximum atomic E-state index is 12.1. The molecule has 0 aromatic heterocycles. The number of carbonyl (C=O) groups is 1. The summed E-state index contributed by atoms with van der Waals surface area (Å²) < 4.78 is 5.69. The lowest BCUT2D eigenvalue weighted by Crippen LogP contribution is -2.12. The highest BCUT2D eigenvalue weighted by atomic mass is 16.5. The van der Waals surface area contributed by atoms with Crippen LogP contribution in [0, 0.1) is 17.2 Å². The zero-order valence-electron chi connectivity index (χ0n) is 12.5. The van der Waals surface area contributed by atoms with E-state index in [1.54, 1.807) is 6.08 Å². The van der Waals surface area contributed by atoms with Crippen molar-refractivity contribution in [2.75, 3.05) is 0 Å². The molecule has 0 saturated carbocycles. The number of nitrogens with zero attached hydrogens (tertiary/aromatic N) is 1. The molecule has 20 heavy (non-hydrogen) atoms. The molecule has 0 saturated heterocycles. The van der Waals surface area contributed by atoms with Gasteiger partial charge in [-0.05, 0) is 32.4 Å². The van der Waals surface area contributed by atoms with Crippen LogP contribution in [0.1, 0.15) is 39.7 Å². The molecule has 0 radical (unpaired) electrons. The Hall–Kier alpha value is -2.08. The third-order valence-electron chi connectivity index (χ3n) is 3.03. The molecule has 106 valence electrons. The molecule has 0 heterocycles. The highest BCUT2D eigenvalue weighted by molar-refractivity contribution is 6.04. The van der Waals surface area contributed by atoms with Crippen molar-refractivity contribution in [2.24, 2.45) is 5.92 Å². The lowest BCUT2D eigenvalue weighted by Gasteiger charge is -2.12. The fraction of sp³-hybridized carbons (Fsp3) is 0.412. The number of ketones is 1. The second kappa shape index (κ2) is 7.49. The molecule has 3 nitrogen and oxygen atoms in total. The first-order chi connectivity index (χ1) is 9.49. The predicted octanol–water partition coefficient (Wildman–Crippen LogP) is 4.00. The van der Waals surface area contributed by atoms with Crippen molar-refractivity contribution >= 4 is 11.9 Å². The van der Waals surface area contributed by atoms with E-state index >= 15 is 0 Å². The number of benzene rings is 1. The van der Waals surface area contributed by atoms with Crippen LogP contribution in [-0.4, -0.2) is 11.9 Å². The molecule has 0 fully saturated rings. The summed E-state index contributed by atoms with van der Waals surface area (Å²) in [5.41, 5.74) is 0.938. The summed E-state index contributed by atoms with van der Waals surface area (Å²) in [6.07, 6.45) is 2.38. The van der Waals surface area contributed by atoms with Gasteiger partial charge in [0.2, 0.25) is 0 Å². The summed E-state index contributed by atoms with van der Waals surface area (Å²) in [6.45, 7) is 7.66. The minimum atomic E-state index is -0.140. The van der Waals surface area contributed by atoms with Gasteiger partial charge in [-0.1, -0.05) is 32.0 Å². The van der Waals surface area contributed by atoms with Gasteiger partial charge in [0.1, 0.15) is 11.8 Å². The largest absolute Gasteiger partial charge is 0.490 e. The molecule has 0 aliphatic rings. The van der Waals surface area contributed by atoms with Crippen LogP contribution in [0.2, 0.25) is 0 Å². The Kier molecular flexibility index (Phi) is 5.99. The van der Waals surface area contributed by atoms with Gasteiger partial charge in [0.05, 0.1) is 11.7 Å². The van der Waals surface area contributed by atoms with Crippen LogP contribution in [0.4, 0.5) is 0 Å². The summed E-state index contributed by atoms with van der Waals surface area (Å²) in [5, 5.41) is 9.20. The summed E-state index contributed by atoms with van der Waals surface area (Å²) in [7, 11) is 0. The molecule has 0 bridgehead atoms. The number of carbonyl (C=O) groups excluding carboxylic acids is 1. The molecule has 0 aliphatic heterocycles. The number of allylic oxidation sites excluding steroid dienone is 1. The summed E-state index contributed by atoms with van der Waals surface area (Å²) >= 11 is 0. The van der Waals surface area contributed by atoms with Crippen LogP contribution < -0.4 is 4.74 Å². The maximum absolute atomic E-state index is 12.1. The van der Waals surface area contributed by atoms with Gasteiger partial charge in [0.15, 0.2) is 5.78 Å². The Balaban J connectivity index is 3.14. The van der Waals surface area contributed by atoms with Crippen LogP contribution in [0.3, 0.4) is 0 Å². The third-order valence-corrected chi connectivity index (χ3v) is 3.03. The Morgan fingerprint density at radius 1 is 1.35 bits per heavy atom. The van der Waals surface area contributed by atoms with Gasteiger partial charge in [-0.25, -0.2) is 0 Å². The number of Topliss-reactive ketones (excluding diaryl/α,β-unsaturated/α-hetero) is 1. The first-order valence-electron chi connectivity index (χ1n) is 6.91. The SMILES string of the molecule is CCC(C)C(=O)C(C#N)=Cc1ccccc1OC(C)C. The number of hydrogen-bond acceptors (Lipinski definition) is 3. The maximum Gasteiger partial charge on any atom is 0.176 e. The molecule has 1 aromatic carbocycles. The predicted molar refractivity (Wildman–Crippen MR) is 80.3 cm³/mol. The molecule has 3 heteroatoms. The molecule has 0 amide bonds. The Morgan fingerprint density at radius 2 is 2.00 bits per heavy atom. The van der Waals surface area contributed by atoms with Crippen LogP contribution in [0.5, 0.6) is 5.75 Å². The van der Waals surface area contributed by atoms with Crippen molar-refractivity contribution in [1.29, 1.82) is 5.26 Å². The smallest absolute Gasteiger partial charge is 0.176 e. The van der Waals surface area contributed by atoms with E-state index in [-0.39, 0.29) is 23.4 Å². The van der Waals surface area contributed by atoms with Crippen molar-refractivity contribution in [3.63, 3.8) is 0 Å². The average Bonchev–Trinajstić information content (AvgIpc) is 2.44. The highest BCUT2D eigenvalue weighted by Gasteiger charge is 2.16. The quantitative estimate of drug-likeness (QED) is 0.580. The fourth-order valence-corrected chi connectivity index (χ4v) is 1.73. The van der Waals surface area contributed by atoms with Gasteiger partial charge in [-0.3, -0.25) is 4.79 Å². The average molecular weight is 271 g/mol.